The molecule has 2 aromatic carbocycles. The summed E-state index contributed by atoms with van der Waals surface area (Å²) < 4.78 is 8.77. The maximum absolute atomic E-state index is 12.8. The molecule has 0 radical (unpaired) electrons. The minimum absolute atomic E-state index is 0.0126. The molecular weight excluding hydrogens is 394 g/mol. The lowest BCUT2D eigenvalue weighted by atomic mass is 10.2. The van der Waals surface area contributed by atoms with Crippen LogP contribution < -0.4 is 4.80 Å². The van der Waals surface area contributed by atoms with E-state index in [1.165, 1.54) is 22.7 Å². The van der Waals surface area contributed by atoms with Gasteiger partial charge in [0.15, 0.2) is 4.80 Å². The molecule has 2 aromatic heterocycles. The lowest BCUT2D eigenvalue weighted by molar-refractivity contribution is -0.143. The number of carbonyl (C=O) groups excluding carboxylic acids is 2. The third-order valence-electron chi connectivity index (χ3n) is 4.27. The molecule has 1 amide bonds. The molecule has 0 spiro atoms. The standard InChI is InChI=1S/C20H17N3O3S2/c1-3-26-17(24)10-23-18-12(2)5-4-6-15(18)28-20(23)22-19(25)13-7-8-14-16(9-13)27-11-21-14/h4-9,11H,3,10H2,1-2H3. The number of rotatable bonds is 4. The maximum Gasteiger partial charge on any atom is 0.326 e. The van der Waals surface area contributed by atoms with Crippen LogP contribution in [0.4, 0.5) is 0 Å². The predicted octanol–water partition coefficient (Wildman–Crippen LogP) is 3.93. The number of esters is 1. The van der Waals surface area contributed by atoms with Crippen molar-refractivity contribution in [2.45, 2.75) is 20.4 Å². The molecule has 0 saturated heterocycles. The fourth-order valence-corrected chi connectivity index (χ4v) is 4.84. The molecule has 0 aliphatic rings. The maximum atomic E-state index is 12.8. The summed E-state index contributed by atoms with van der Waals surface area (Å²) >= 11 is 2.86. The highest BCUT2D eigenvalue weighted by Crippen LogP contribution is 2.22. The number of aromatic nitrogens is 2. The second-order valence-electron chi connectivity index (χ2n) is 6.15. The van der Waals surface area contributed by atoms with Crippen molar-refractivity contribution in [2.75, 3.05) is 6.61 Å². The Morgan fingerprint density at radius 1 is 1.21 bits per heavy atom. The van der Waals surface area contributed by atoms with Crippen LogP contribution >= 0.6 is 22.7 Å². The molecule has 0 aliphatic heterocycles. The molecule has 4 rings (SSSR count). The summed E-state index contributed by atoms with van der Waals surface area (Å²) in [5.74, 6) is -0.706. The van der Waals surface area contributed by atoms with Crippen molar-refractivity contribution in [3.63, 3.8) is 0 Å². The van der Waals surface area contributed by atoms with Crippen molar-refractivity contribution >= 4 is 55.0 Å². The van der Waals surface area contributed by atoms with Gasteiger partial charge in [-0.1, -0.05) is 23.5 Å². The third-order valence-corrected chi connectivity index (χ3v) is 6.11. The van der Waals surface area contributed by atoms with Crippen LogP contribution in [0.3, 0.4) is 0 Å². The van der Waals surface area contributed by atoms with E-state index in [1.807, 2.05) is 31.2 Å². The summed E-state index contributed by atoms with van der Waals surface area (Å²) in [6, 6.07) is 11.2. The Balaban J connectivity index is 1.82. The molecule has 2 heterocycles. The average molecular weight is 412 g/mol. The van der Waals surface area contributed by atoms with Crippen LogP contribution in [-0.2, 0) is 16.1 Å². The monoisotopic (exact) mass is 411 g/mol. The van der Waals surface area contributed by atoms with Crippen molar-refractivity contribution in [1.29, 1.82) is 0 Å². The van der Waals surface area contributed by atoms with Crippen LogP contribution in [0.15, 0.2) is 46.9 Å². The molecule has 0 fully saturated rings. The van der Waals surface area contributed by atoms with E-state index >= 15 is 0 Å². The number of benzene rings is 2. The fourth-order valence-electron chi connectivity index (χ4n) is 3.01. The Kier molecular flexibility index (Phi) is 5.06. The number of hydrogen-bond acceptors (Lipinski definition) is 6. The quantitative estimate of drug-likeness (QED) is 0.477. The first-order valence-corrected chi connectivity index (χ1v) is 10.4. The normalized spacial score (nSPS) is 12.0. The van der Waals surface area contributed by atoms with Gasteiger partial charge < -0.3 is 9.30 Å². The zero-order valence-corrected chi connectivity index (χ0v) is 17.0. The highest BCUT2D eigenvalue weighted by atomic mass is 32.1. The van der Waals surface area contributed by atoms with Gasteiger partial charge >= 0.3 is 5.97 Å². The first-order chi connectivity index (χ1) is 13.6. The van der Waals surface area contributed by atoms with Gasteiger partial charge in [0.1, 0.15) is 6.54 Å². The third kappa shape index (κ3) is 3.48. The van der Waals surface area contributed by atoms with Crippen LogP contribution in [0.1, 0.15) is 22.8 Å². The Bertz CT molecular complexity index is 1270. The Morgan fingerprint density at radius 3 is 2.89 bits per heavy atom. The summed E-state index contributed by atoms with van der Waals surface area (Å²) in [4.78, 5) is 34.0. The molecular formula is C20H17N3O3S2. The minimum atomic E-state index is -0.356. The molecule has 0 atom stereocenters. The van der Waals surface area contributed by atoms with Gasteiger partial charge in [0.2, 0.25) is 0 Å². The molecule has 28 heavy (non-hydrogen) atoms. The molecule has 0 bridgehead atoms. The van der Waals surface area contributed by atoms with Gasteiger partial charge in [0, 0.05) is 5.56 Å². The fraction of sp³-hybridized carbons (Fsp3) is 0.200. The first-order valence-electron chi connectivity index (χ1n) is 8.73. The van der Waals surface area contributed by atoms with Gasteiger partial charge in [0.05, 0.1) is 32.6 Å². The van der Waals surface area contributed by atoms with Crippen molar-refractivity contribution in [3.8, 4) is 0 Å². The lowest BCUT2D eigenvalue weighted by Crippen LogP contribution is -2.23. The van der Waals surface area contributed by atoms with Crippen LogP contribution in [0, 0.1) is 6.92 Å². The Labute approximate surface area is 168 Å². The van der Waals surface area contributed by atoms with Gasteiger partial charge in [0.25, 0.3) is 5.91 Å². The zero-order chi connectivity index (χ0) is 19.7. The molecule has 0 saturated carbocycles. The van der Waals surface area contributed by atoms with Crippen LogP contribution in [0.2, 0.25) is 0 Å². The number of para-hydroxylation sites is 1. The van der Waals surface area contributed by atoms with Gasteiger partial charge in [-0.15, -0.1) is 11.3 Å². The number of ether oxygens (including phenoxy) is 1. The van der Waals surface area contributed by atoms with E-state index in [0.29, 0.717) is 17.0 Å². The van der Waals surface area contributed by atoms with E-state index in [-0.39, 0.29) is 18.4 Å². The van der Waals surface area contributed by atoms with Crippen molar-refractivity contribution in [3.05, 3.63) is 57.8 Å². The van der Waals surface area contributed by atoms with E-state index < -0.39 is 0 Å². The van der Waals surface area contributed by atoms with Gasteiger partial charge in [-0.2, -0.15) is 4.99 Å². The number of carbonyl (C=O) groups is 2. The van der Waals surface area contributed by atoms with Gasteiger partial charge in [-0.05, 0) is 43.7 Å². The SMILES string of the molecule is CCOC(=O)Cn1c(=NC(=O)c2ccc3ncsc3c2)sc2cccc(C)c21. The zero-order valence-electron chi connectivity index (χ0n) is 15.3. The summed E-state index contributed by atoms with van der Waals surface area (Å²) in [6.45, 7) is 4.06. The lowest BCUT2D eigenvalue weighted by Gasteiger charge is -2.06. The summed E-state index contributed by atoms with van der Waals surface area (Å²) in [5.41, 5.74) is 5.01. The van der Waals surface area contributed by atoms with E-state index in [0.717, 1.165) is 26.0 Å². The van der Waals surface area contributed by atoms with Crippen molar-refractivity contribution in [1.82, 2.24) is 9.55 Å². The number of aryl methyl sites for hydroxylation is 1. The number of amides is 1. The Morgan fingerprint density at radius 2 is 2.07 bits per heavy atom. The molecule has 0 aliphatic carbocycles. The second kappa shape index (κ2) is 7.65. The van der Waals surface area contributed by atoms with Crippen LogP contribution in [0.5, 0.6) is 0 Å². The molecule has 142 valence electrons. The van der Waals surface area contributed by atoms with Gasteiger partial charge in [-0.25, -0.2) is 4.98 Å². The topological polar surface area (TPSA) is 73.6 Å². The van der Waals surface area contributed by atoms with E-state index in [9.17, 15) is 9.59 Å². The summed E-state index contributed by atoms with van der Waals surface area (Å²) in [5, 5.41) is 0. The van der Waals surface area contributed by atoms with Crippen LogP contribution in [-0.4, -0.2) is 28.0 Å². The molecule has 0 N–H and O–H groups in total. The highest BCUT2D eigenvalue weighted by Gasteiger charge is 2.14. The van der Waals surface area contributed by atoms with E-state index in [1.54, 1.807) is 29.1 Å². The molecule has 4 aromatic rings. The second-order valence-corrected chi connectivity index (χ2v) is 8.04. The Hall–Kier alpha value is -2.84. The highest BCUT2D eigenvalue weighted by molar-refractivity contribution is 7.17. The van der Waals surface area contributed by atoms with Crippen molar-refractivity contribution in [2.24, 2.45) is 4.99 Å². The van der Waals surface area contributed by atoms with E-state index in [2.05, 4.69) is 9.98 Å². The number of nitrogens with zero attached hydrogens (tertiary/aromatic N) is 3. The summed E-state index contributed by atoms with van der Waals surface area (Å²) in [7, 11) is 0. The molecule has 6 nitrogen and oxygen atoms in total. The smallest absolute Gasteiger partial charge is 0.326 e. The van der Waals surface area contributed by atoms with Gasteiger partial charge in [-0.3, -0.25) is 9.59 Å². The number of fused-ring (bicyclic) bond motifs is 2. The first kappa shape index (κ1) is 18.5. The predicted molar refractivity (Wildman–Crippen MR) is 111 cm³/mol. The minimum Gasteiger partial charge on any atom is -0.465 e. The summed E-state index contributed by atoms with van der Waals surface area (Å²) in [6.07, 6.45) is 0. The molecule has 0 unspecified atom stereocenters. The number of thiazole rings is 2. The van der Waals surface area contributed by atoms with Crippen molar-refractivity contribution < 1.29 is 14.3 Å². The average Bonchev–Trinajstić information content (AvgIpc) is 3.27. The van der Waals surface area contributed by atoms with Crippen LogP contribution in [0.25, 0.3) is 20.4 Å². The van der Waals surface area contributed by atoms with E-state index in [4.69, 9.17) is 4.74 Å². The largest absolute Gasteiger partial charge is 0.465 e. The number of hydrogen-bond donors (Lipinski definition) is 0. The molecule has 8 heteroatoms.